The number of nitrogens with zero attached hydrogens (tertiary/aromatic N) is 1. The van der Waals surface area contributed by atoms with Crippen LogP contribution < -0.4 is 9.46 Å². The van der Waals surface area contributed by atoms with Gasteiger partial charge in [0.15, 0.2) is 0 Å². The van der Waals surface area contributed by atoms with Crippen molar-refractivity contribution < 1.29 is 17.9 Å². The standard InChI is InChI=1S/C22H34N2O4S/c1-16-5-10-22-19(14-16)17-6-8-18(9-7-17)28-15-21-20(23-29(2,25)26)4-3-11-24(21)12-13-27-22/h5,10,14,17-18,20-21,23H,3-4,6-9,11-13,15H2,1-2H3. The summed E-state index contributed by atoms with van der Waals surface area (Å²) in [5, 5.41) is 0. The zero-order valence-electron chi connectivity index (χ0n) is 17.6. The zero-order chi connectivity index (χ0) is 20.4. The first kappa shape index (κ1) is 21.1. The smallest absolute Gasteiger partial charge is 0.209 e. The van der Waals surface area contributed by atoms with Gasteiger partial charge in [-0.1, -0.05) is 17.7 Å². The molecule has 1 aromatic carbocycles. The lowest BCUT2D eigenvalue weighted by atomic mass is 9.82. The number of hydrogen-bond acceptors (Lipinski definition) is 5. The van der Waals surface area contributed by atoms with Gasteiger partial charge in [-0.15, -0.1) is 0 Å². The summed E-state index contributed by atoms with van der Waals surface area (Å²) in [6, 6.07) is 6.49. The second-order valence-corrected chi connectivity index (χ2v) is 10.7. The van der Waals surface area contributed by atoms with Crippen molar-refractivity contribution in [3.63, 3.8) is 0 Å². The molecular weight excluding hydrogens is 388 g/mol. The Hall–Kier alpha value is -1.15. The van der Waals surface area contributed by atoms with Gasteiger partial charge in [0, 0.05) is 18.6 Å². The fourth-order valence-corrected chi connectivity index (χ4v) is 6.03. The highest BCUT2D eigenvalue weighted by molar-refractivity contribution is 7.88. The lowest BCUT2D eigenvalue weighted by molar-refractivity contribution is -0.0284. The molecule has 3 heterocycles. The van der Waals surface area contributed by atoms with E-state index in [0.29, 0.717) is 19.1 Å². The van der Waals surface area contributed by atoms with Crippen LogP contribution in [0.5, 0.6) is 5.75 Å². The predicted molar refractivity (Wildman–Crippen MR) is 114 cm³/mol. The van der Waals surface area contributed by atoms with E-state index in [1.54, 1.807) is 0 Å². The van der Waals surface area contributed by atoms with Gasteiger partial charge in [0.05, 0.1) is 19.0 Å². The van der Waals surface area contributed by atoms with Crippen LogP contribution in [-0.2, 0) is 14.8 Å². The molecular formula is C22H34N2O4S. The lowest BCUT2D eigenvalue weighted by Crippen LogP contribution is -2.58. The van der Waals surface area contributed by atoms with Gasteiger partial charge >= 0.3 is 0 Å². The number of ether oxygens (including phenoxy) is 2. The number of fused-ring (bicyclic) bond motifs is 5. The number of hydrogen-bond donors (Lipinski definition) is 1. The number of aryl methyl sites for hydroxylation is 1. The Balaban J connectivity index is 1.57. The highest BCUT2D eigenvalue weighted by Crippen LogP contribution is 2.39. The maximum Gasteiger partial charge on any atom is 0.209 e. The highest BCUT2D eigenvalue weighted by atomic mass is 32.2. The summed E-state index contributed by atoms with van der Waals surface area (Å²) >= 11 is 0. The molecule has 4 aliphatic rings. The molecule has 1 aromatic rings. The van der Waals surface area contributed by atoms with Crippen LogP contribution >= 0.6 is 0 Å². The quantitative estimate of drug-likeness (QED) is 0.794. The minimum absolute atomic E-state index is 0.0537. The summed E-state index contributed by atoms with van der Waals surface area (Å²) in [6.07, 6.45) is 7.68. The van der Waals surface area contributed by atoms with Crippen LogP contribution in [-0.4, -0.2) is 64.1 Å². The van der Waals surface area contributed by atoms with Crippen LogP contribution in [0.15, 0.2) is 18.2 Å². The minimum atomic E-state index is -3.25. The second kappa shape index (κ2) is 8.92. The average Bonchev–Trinajstić information content (AvgIpc) is 2.69. The average molecular weight is 423 g/mol. The molecule has 5 rings (SSSR count). The monoisotopic (exact) mass is 422 g/mol. The van der Waals surface area contributed by atoms with Gasteiger partial charge in [0.1, 0.15) is 12.4 Å². The van der Waals surface area contributed by atoms with Crippen LogP contribution in [0.25, 0.3) is 0 Å². The summed E-state index contributed by atoms with van der Waals surface area (Å²) < 4.78 is 39.3. The molecule has 2 unspecified atom stereocenters. The van der Waals surface area contributed by atoms with E-state index in [1.165, 1.54) is 17.4 Å². The molecule has 2 atom stereocenters. The molecule has 6 nitrogen and oxygen atoms in total. The van der Waals surface area contributed by atoms with Crippen molar-refractivity contribution in [3.8, 4) is 5.75 Å². The molecule has 1 N–H and O–H groups in total. The van der Waals surface area contributed by atoms with Crippen LogP contribution in [0.4, 0.5) is 0 Å². The summed E-state index contributed by atoms with van der Waals surface area (Å²) in [5.74, 6) is 1.55. The Morgan fingerprint density at radius 1 is 1.10 bits per heavy atom. The van der Waals surface area contributed by atoms with Crippen molar-refractivity contribution in [2.24, 2.45) is 0 Å². The van der Waals surface area contributed by atoms with Gasteiger partial charge in [-0.2, -0.15) is 0 Å². The van der Waals surface area contributed by atoms with Crippen LogP contribution in [0.2, 0.25) is 0 Å². The maximum absolute atomic E-state index is 11.9. The van der Waals surface area contributed by atoms with Crippen molar-refractivity contribution in [1.82, 2.24) is 9.62 Å². The molecule has 1 aliphatic carbocycles. The number of sulfonamides is 1. The normalized spacial score (nSPS) is 31.5. The largest absolute Gasteiger partial charge is 0.492 e. The van der Waals surface area contributed by atoms with Crippen molar-refractivity contribution in [2.75, 3.05) is 32.6 Å². The van der Waals surface area contributed by atoms with Crippen molar-refractivity contribution in [2.45, 2.75) is 69.6 Å². The SMILES string of the molecule is Cc1ccc2c(c1)C1CCC(CC1)OCC1C(NS(C)(=O)=O)CCCN1CCO2. The number of piperidine rings is 1. The fourth-order valence-electron chi connectivity index (χ4n) is 5.20. The van der Waals surface area contributed by atoms with Crippen LogP contribution in [0.3, 0.4) is 0 Å². The van der Waals surface area contributed by atoms with Crippen molar-refractivity contribution in [3.05, 3.63) is 29.3 Å². The molecule has 2 bridgehead atoms. The zero-order valence-corrected chi connectivity index (χ0v) is 18.4. The summed E-state index contributed by atoms with van der Waals surface area (Å²) in [4.78, 5) is 2.35. The van der Waals surface area contributed by atoms with E-state index in [0.717, 1.165) is 57.4 Å². The van der Waals surface area contributed by atoms with E-state index < -0.39 is 10.0 Å². The summed E-state index contributed by atoms with van der Waals surface area (Å²) in [6.45, 7) is 5.05. The minimum Gasteiger partial charge on any atom is -0.492 e. The molecule has 1 saturated carbocycles. The molecule has 0 radical (unpaired) electrons. The Kier molecular flexibility index (Phi) is 6.49. The number of rotatable bonds is 2. The molecule has 0 aromatic heterocycles. The first-order chi connectivity index (χ1) is 13.9. The van der Waals surface area contributed by atoms with Gasteiger partial charge in [-0.3, -0.25) is 4.90 Å². The van der Waals surface area contributed by atoms with Gasteiger partial charge in [-0.25, -0.2) is 13.1 Å². The Morgan fingerprint density at radius 3 is 2.66 bits per heavy atom. The third kappa shape index (κ3) is 5.32. The maximum atomic E-state index is 11.9. The number of nitrogens with one attached hydrogen (secondary N) is 1. The van der Waals surface area contributed by atoms with E-state index in [4.69, 9.17) is 9.47 Å². The Morgan fingerprint density at radius 2 is 1.90 bits per heavy atom. The fraction of sp³-hybridized carbons (Fsp3) is 0.727. The van der Waals surface area contributed by atoms with Gasteiger partial charge in [0.2, 0.25) is 10.0 Å². The second-order valence-electron chi connectivity index (χ2n) is 8.94. The Labute approximate surface area is 175 Å². The molecule has 7 heteroatoms. The van der Waals surface area contributed by atoms with Gasteiger partial charge in [0.25, 0.3) is 0 Å². The summed E-state index contributed by atoms with van der Waals surface area (Å²) in [5.41, 5.74) is 2.62. The summed E-state index contributed by atoms with van der Waals surface area (Å²) in [7, 11) is -3.25. The first-order valence-corrected chi connectivity index (χ1v) is 12.8. The third-order valence-corrected chi connectivity index (χ3v) is 7.41. The van der Waals surface area contributed by atoms with Crippen molar-refractivity contribution in [1.29, 1.82) is 0 Å². The van der Waals surface area contributed by atoms with E-state index in [2.05, 4.69) is 34.7 Å². The molecule has 3 aliphatic heterocycles. The molecule has 29 heavy (non-hydrogen) atoms. The van der Waals surface area contributed by atoms with Gasteiger partial charge in [-0.05, 0) is 69.5 Å². The molecule has 162 valence electrons. The van der Waals surface area contributed by atoms with Crippen LogP contribution in [0, 0.1) is 6.92 Å². The number of benzene rings is 1. The van der Waals surface area contributed by atoms with Crippen molar-refractivity contribution >= 4 is 10.0 Å². The molecule has 0 spiro atoms. The molecule has 2 fully saturated rings. The van der Waals surface area contributed by atoms with E-state index in [-0.39, 0.29) is 18.2 Å². The molecule has 0 amide bonds. The molecule has 1 saturated heterocycles. The Bertz CT molecular complexity index is 805. The van der Waals surface area contributed by atoms with E-state index >= 15 is 0 Å². The van der Waals surface area contributed by atoms with Crippen LogP contribution in [0.1, 0.15) is 55.6 Å². The van der Waals surface area contributed by atoms with E-state index in [1.807, 2.05) is 0 Å². The predicted octanol–water partition coefficient (Wildman–Crippen LogP) is 2.81. The lowest BCUT2D eigenvalue weighted by Gasteiger charge is -2.41. The third-order valence-electron chi connectivity index (χ3n) is 6.68. The van der Waals surface area contributed by atoms with E-state index in [9.17, 15) is 8.42 Å². The van der Waals surface area contributed by atoms with Gasteiger partial charge < -0.3 is 9.47 Å². The topological polar surface area (TPSA) is 67.9 Å². The first-order valence-electron chi connectivity index (χ1n) is 11.0. The highest BCUT2D eigenvalue weighted by Gasteiger charge is 2.35.